The molecule has 0 atom stereocenters. The van der Waals surface area contributed by atoms with E-state index in [1.165, 1.54) is 4.57 Å². The average Bonchev–Trinajstić information content (AvgIpc) is 2.98. The Kier molecular flexibility index (Phi) is 2.47. The highest BCUT2D eigenvalue weighted by atomic mass is 16.2. The maximum Gasteiger partial charge on any atom is 0.262 e. The van der Waals surface area contributed by atoms with Gasteiger partial charge in [0.2, 0.25) is 0 Å². The largest absolute Gasteiger partial charge is 0.384 e. The number of pyridine rings is 1. The Hall–Kier alpha value is -3.42. The van der Waals surface area contributed by atoms with Crippen molar-refractivity contribution in [1.29, 1.82) is 0 Å². The number of carbonyl (C=O) groups excluding carboxylic acids is 2. The fraction of sp³-hybridized carbons (Fsp3) is 0.0667. The van der Waals surface area contributed by atoms with Gasteiger partial charge in [0.1, 0.15) is 11.6 Å². The number of carbonyl (C=O) groups is 2. The van der Waals surface area contributed by atoms with E-state index in [9.17, 15) is 14.4 Å². The van der Waals surface area contributed by atoms with Crippen LogP contribution in [-0.4, -0.2) is 26.3 Å². The average molecular weight is 309 g/mol. The summed E-state index contributed by atoms with van der Waals surface area (Å²) in [6.07, 6.45) is 0. The molecule has 0 radical (unpaired) electrons. The van der Waals surface area contributed by atoms with Crippen molar-refractivity contribution >= 4 is 28.7 Å². The number of nitrogen functional groups attached to an aromatic ring is 1. The summed E-state index contributed by atoms with van der Waals surface area (Å²) < 4.78 is 1.20. The van der Waals surface area contributed by atoms with E-state index in [0.29, 0.717) is 5.69 Å². The predicted molar refractivity (Wildman–Crippen MR) is 82.6 cm³/mol. The zero-order valence-electron chi connectivity index (χ0n) is 12.0. The summed E-state index contributed by atoms with van der Waals surface area (Å²) in [7, 11) is 0. The standard InChI is InChI=1S/C15H11N5O3/c1-6-17-9-3-2-7(4-10(9)18-6)20-11(21)5-8-12(13(20)16)15(23)19-14(8)22/h2-5H,16H2,1H3,(H,17,18)(H,19,22,23). The molecule has 1 aliphatic rings. The SMILES string of the molecule is Cc1nc2ccc(-n3c(N)c4c(cc3=O)C(=O)NC4=O)cc2[nH]1. The van der Waals surface area contributed by atoms with E-state index in [1.807, 2.05) is 6.92 Å². The lowest BCUT2D eigenvalue weighted by molar-refractivity contribution is 0.0880. The van der Waals surface area contributed by atoms with Crippen molar-refractivity contribution in [3.05, 3.63) is 51.6 Å². The molecule has 0 saturated carbocycles. The van der Waals surface area contributed by atoms with Gasteiger partial charge in [0.05, 0.1) is 27.8 Å². The number of rotatable bonds is 1. The number of nitrogens with one attached hydrogen (secondary N) is 2. The molecule has 8 heteroatoms. The third-order valence-electron chi connectivity index (χ3n) is 3.80. The van der Waals surface area contributed by atoms with Gasteiger partial charge in [0.15, 0.2) is 0 Å². The number of fused-ring (bicyclic) bond motifs is 2. The molecule has 1 aliphatic heterocycles. The molecular formula is C15H11N5O3. The van der Waals surface area contributed by atoms with Gasteiger partial charge < -0.3 is 10.7 Å². The Labute approximate surface area is 128 Å². The molecule has 0 spiro atoms. The van der Waals surface area contributed by atoms with Gasteiger partial charge in [-0.1, -0.05) is 0 Å². The van der Waals surface area contributed by atoms with Crippen LogP contribution in [0.3, 0.4) is 0 Å². The summed E-state index contributed by atoms with van der Waals surface area (Å²) in [6, 6.07) is 6.27. The van der Waals surface area contributed by atoms with Gasteiger partial charge in [-0.15, -0.1) is 0 Å². The van der Waals surface area contributed by atoms with E-state index in [-0.39, 0.29) is 16.9 Å². The highest BCUT2D eigenvalue weighted by molar-refractivity contribution is 6.23. The Balaban J connectivity index is 2.01. The molecule has 3 heterocycles. The van der Waals surface area contributed by atoms with Crippen LogP contribution in [0.5, 0.6) is 0 Å². The lowest BCUT2D eigenvalue weighted by Gasteiger charge is -2.11. The van der Waals surface area contributed by atoms with Gasteiger partial charge >= 0.3 is 0 Å². The highest BCUT2D eigenvalue weighted by Crippen LogP contribution is 2.24. The number of nitrogens with two attached hydrogens (primary N) is 1. The molecule has 0 aliphatic carbocycles. The number of aromatic nitrogens is 3. The van der Waals surface area contributed by atoms with Gasteiger partial charge in [0.25, 0.3) is 17.4 Å². The number of hydrogen-bond acceptors (Lipinski definition) is 5. The van der Waals surface area contributed by atoms with Gasteiger partial charge in [-0.3, -0.25) is 24.3 Å². The number of aromatic amines is 1. The van der Waals surface area contributed by atoms with Crippen molar-refractivity contribution in [2.45, 2.75) is 6.92 Å². The number of amides is 2. The van der Waals surface area contributed by atoms with Crippen molar-refractivity contribution < 1.29 is 9.59 Å². The molecule has 3 aromatic rings. The summed E-state index contributed by atoms with van der Waals surface area (Å²) in [5.74, 6) is -0.529. The number of imidazole rings is 1. The lowest BCUT2D eigenvalue weighted by Crippen LogP contribution is -2.24. The van der Waals surface area contributed by atoms with Gasteiger partial charge in [-0.05, 0) is 25.1 Å². The van der Waals surface area contributed by atoms with Crippen molar-refractivity contribution in [2.75, 3.05) is 5.73 Å². The summed E-state index contributed by atoms with van der Waals surface area (Å²) in [5, 5.41) is 2.14. The maximum absolute atomic E-state index is 12.4. The molecule has 4 N–H and O–H groups in total. The van der Waals surface area contributed by atoms with Crippen molar-refractivity contribution in [3.63, 3.8) is 0 Å². The van der Waals surface area contributed by atoms with Gasteiger partial charge in [-0.2, -0.15) is 0 Å². The minimum atomic E-state index is -0.611. The van der Waals surface area contributed by atoms with Crippen LogP contribution in [0.2, 0.25) is 0 Å². The topological polar surface area (TPSA) is 123 Å². The number of nitrogens with zero attached hydrogens (tertiary/aromatic N) is 2. The lowest BCUT2D eigenvalue weighted by atomic mass is 10.1. The molecule has 4 rings (SSSR count). The van der Waals surface area contributed by atoms with Gasteiger partial charge in [0, 0.05) is 6.07 Å². The summed E-state index contributed by atoms with van der Waals surface area (Å²) in [6.45, 7) is 1.82. The minimum Gasteiger partial charge on any atom is -0.384 e. The van der Waals surface area contributed by atoms with Crippen LogP contribution in [0.25, 0.3) is 16.7 Å². The third kappa shape index (κ3) is 1.78. The van der Waals surface area contributed by atoms with Crippen molar-refractivity contribution in [1.82, 2.24) is 19.9 Å². The van der Waals surface area contributed by atoms with E-state index in [2.05, 4.69) is 15.3 Å². The van der Waals surface area contributed by atoms with Crippen molar-refractivity contribution in [2.24, 2.45) is 0 Å². The van der Waals surface area contributed by atoms with Gasteiger partial charge in [-0.25, -0.2) is 4.98 Å². The first-order valence-electron chi connectivity index (χ1n) is 6.83. The Morgan fingerprint density at radius 3 is 2.70 bits per heavy atom. The number of benzene rings is 1. The van der Waals surface area contributed by atoms with Crippen LogP contribution in [0.1, 0.15) is 26.5 Å². The number of anilines is 1. The van der Waals surface area contributed by atoms with E-state index in [4.69, 9.17) is 5.73 Å². The number of H-pyrrole nitrogens is 1. The highest BCUT2D eigenvalue weighted by Gasteiger charge is 2.31. The van der Waals surface area contributed by atoms with E-state index >= 15 is 0 Å². The van der Waals surface area contributed by atoms with Crippen LogP contribution in [-0.2, 0) is 0 Å². The normalized spacial score (nSPS) is 13.4. The zero-order valence-corrected chi connectivity index (χ0v) is 12.0. The first-order chi connectivity index (χ1) is 11.0. The Morgan fingerprint density at radius 2 is 1.91 bits per heavy atom. The van der Waals surface area contributed by atoms with Crippen molar-refractivity contribution in [3.8, 4) is 5.69 Å². The molecule has 2 amide bonds. The zero-order chi connectivity index (χ0) is 16.3. The second-order valence-electron chi connectivity index (χ2n) is 5.30. The predicted octanol–water partition coefficient (Wildman–Crippen LogP) is 0.488. The maximum atomic E-state index is 12.4. The van der Waals surface area contributed by atoms with E-state index in [1.54, 1.807) is 18.2 Å². The number of aryl methyl sites for hydroxylation is 1. The third-order valence-corrected chi connectivity index (χ3v) is 3.80. The Morgan fingerprint density at radius 1 is 1.13 bits per heavy atom. The second kappa shape index (κ2) is 4.29. The molecule has 1 aromatic carbocycles. The first kappa shape index (κ1) is 13.3. The van der Waals surface area contributed by atoms with Crippen LogP contribution in [0.4, 0.5) is 5.82 Å². The molecule has 0 unspecified atom stereocenters. The smallest absolute Gasteiger partial charge is 0.262 e. The Bertz CT molecular complexity index is 1080. The fourth-order valence-corrected chi connectivity index (χ4v) is 2.81. The van der Waals surface area contributed by atoms with Crippen LogP contribution < -0.4 is 16.6 Å². The van der Waals surface area contributed by atoms with E-state index < -0.39 is 17.4 Å². The number of imide groups is 1. The molecule has 23 heavy (non-hydrogen) atoms. The molecule has 0 fully saturated rings. The first-order valence-corrected chi connectivity index (χ1v) is 6.83. The molecule has 114 valence electrons. The molecule has 2 aromatic heterocycles. The summed E-state index contributed by atoms with van der Waals surface area (Å²) in [5.41, 5.74) is 7.52. The quantitative estimate of drug-likeness (QED) is 0.564. The molecule has 0 bridgehead atoms. The summed E-state index contributed by atoms with van der Waals surface area (Å²) >= 11 is 0. The van der Waals surface area contributed by atoms with Crippen LogP contribution >= 0.6 is 0 Å². The second-order valence-corrected chi connectivity index (χ2v) is 5.30. The molecule has 8 nitrogen and oxygen atoms in total. The summed E-state index contributed by atoms with van der Waals surface area (Å²) in [4.78, 5) is 43.2. The minimum absolute atomic E-state index is 0.00668. The number of hydrogen-bond donors (Lipinski definition) is 3. The van der Waals surface area contributed by atoms with E-state index in [0.717, 1.165) is 22.9 Å². The monoisotopic (exact) mass is 309 g/mol. The molecule has 0 saturated heterocycles. The van der Waals surface area contributed by atoms with Crippen LogP contribution in [0.15, 0.2) is 29.1 Å². The molecular weight excluding hydrogens is 298 g/mol. The van der Waals surface area contributed by atoms with Crippen LogP contribution in [0, 0.1) is 6.92 Å². The fourth-order valence-electron chi connectivity index (χ4n) is 2.81.